The van der Waals surface area contributed by atoms with Gasteiger partial charge in [0.1, 0.15) is 11.4 Å². The minimum Gasteiger partial charge on any atom is -0.342 e. The Balaban J connectivity index is 2.28. The van der Waals surface area contributed by atoms with E-state index in [1.54, 1.807) is 0 Å². The second-order valence-electron chi connectivity index (χ2n) is 7.77. The summed E-state index contributed by atoms with van der Waals surface area (Å²) >= 11 is 0. The minimum atomic E-state index is 1.17. The molecule has 3 aromatic rings. The van der Waals surface area contributed by atoms with Crippen LogP contribution in [0.4, 0.5) is 5.82 Å². The molecule has 0 atom stereocenters. The summed E-state index contributed by atoms with van der Waals surface area (Å²) in [6.07, 6.45) is 4.44. The van der Waals surface area contributed by atoms with Crippen LogP contribution in [0.2, 0.25) is 0 Å². The number of hydrogen-bond donors (Lipinski definition) is 0. The lowest BCUT2D eigenvalue weighted by molar-refractivity contribution is -0.595. The smallest absolute Gasteiger partial charge is 0.255 e. The number of rotatable bonds is 3. The number of nitrogens with zero attached hydrogens (tertiary/aromatic N) is 3. The quantitative estimate of drug-likeness (QED) is 0.626. The normalized spacial score (nSPS) is 11.1. The predicted molar refractivity (Wildman–Crippen MR) is 110 cm³/mol. The molecule has 3 rings (SSSR count). The Labute approximate surface area is 157 Å². The molecule has 0 aliphatic heterocycles. The monoisotopic (exact) mass is 348 g/mol. The van der Waals surface area contributed by atoms with Crippen molar-refractivity contribution in [2.45, 2.75) is 41.5 Å². The number of aromatic nitrogens is 2. The van der Waals surface area contributed by atoms with Gasteiger partial charge in [-0.2, -0.15) is 9.13 Å². The molecule has 0 radical (unpaired) electrons. The van der Waals surface area contributed by atoms with Crippen molar-refractivity contribution in [3.8, 4) is 11.4 Å². The van der Waals surface area contributed by atoms with Gasteiger partial charge in [-0.05, 0) is 63.8 Å². The maximum atomic E-state index is 2.31. The van der Waals surface area contributed by atoms with Crippen LogP contribution in [0.15, 0.2) is 36.8 Å². The molecule has 0 saturated heterocycles. The van der Waals surface area contributed by atoms with Gasteiger partial charge in [-0.25, -0.2) is 0 Å². The molecule has 136 valence electrons. The van der Waals surface area contributed by atoms with Crippen molar-refractivity contribution >= 4 is 5.82 Å². The van der Waals surface area contributed by atoms with Crippen molar-refractivity contribution < 1.29 is 4.57 Å². The van der Waals surface area contributed by atoms with E-state index in [9.17, 15) is 0 Å². The molecule has 0 bridgehead atoms. The van der Waals surface area contributed by atoms with E-state index in [2.05, 4.69) is 106 Å². The largest absolute Gasteiger partial charge is 0.342 e. The molecule has 0 spiro atoms. The average Bonchev–Trinajstić information content (AvgIpc) is 2.89. The molecule has 0 N–H and O–H groups in total. The van der Waals surface area contributed by atoms with E-state index in [0.717, 1.165) is 0 Å². The highest BCUT2D eigenvalue weighted by Gasteiger charge is 2.23. The zero-order valence-electron chi connectivity index (χ0n) is 17.3. The first kappa shape index (κ1) is 18.2. The van der Waals surface area contributed by atoms with Gasteiger partial charge in [-0.3, -0.25) is 0 Å². The van der Waals surface area contributed by atoms with Crippen molar-refractivity contribution in [3.63, 3.8) is 0 Å². The summed E-state index contributed by atoms with van der Waals surface area (Å²) in [5.74, 6) is 1.17. The fourth-order valence-corrected chi connectivity index (χ4v) is 4.16. The first-order chi connectivity index (χ1) is 12.2. The van der Waals surface area contributed by atoms with Crippen molar-refractivity contribution in [1.29, 1.82) is 0 Å². The molecule has 0 amide bonds. The Morgan fingerprint density at radius 3 is 1.65 bits per heavy atom. The fraction of sp³-hybridized carbons (Fsp3) is 0.348. The zero-order chi connectivity index (χ0) is 19.2. The molecule has 1 heterocycles. The second-order valence-corrected chi connectivity index (χ2v) is 7.77. The summed E-state index contributed by atoms with van der Waals surface area (Å²) in [5.41, 5.74) is 10.3. The van der Waals surface area contributed by atoms with Crippen LogP contribution in [0, 0.1) is 41.5 Å². The van der Waals surface area contributed by atoms with Gasteiger partial charge in [0.2, 0.25) is 5.82 Å². The second kappa shape index (κ2) is 6.64. The van der Waals surface area contributed by atoms with Gasteiger partial charge >= 0.3 is 0 Å². The molecule has 3 nitrogen and oxygen atoms in total. The molecular weight excluding hydrogens is 318 g/mol. The third-order valence-corrected chi connectivity index (χ3v) is 4.97. The van der Waals surface area contributed by atoms with E-state index in [1.807, 2.05) is 0 Å². The topological polar surface area (TPSA) is 12.0 Å². The predicted octanol–water partition coefficient (Wildman–Crippen LogP) is 4.67. The molecule has 0 aliphatic carbocycles. The number of anilines is 1. The van der Waals surface area contributed by atoms with E-state index in [-0.39, 0.29) is 0 Å². The molecule has 1 aromatic heterocycles. The van der Waals surface area contributed by atoms with Gasteiger partial charge in [0.05, 0.1) is 0 Å². The van der Waals surface area contributed by atoms with Crippen LogP contribution in [0.25, 0.3) is 11.4 Å². The lowest BCUT2D eigenvalue weighted by Gasteiger charge is -2.13. The molecule has 3 heteroatoms. The van der Waals surface area contributed by atoms with Crippen LogP contribution >= 0.6 is 0 Å². The van der Waals surface area contributed by atoms with Crippen LogP contribution in [-0.4, -0.2) is 18.7 Å². The average molecular weight is 349 g/mol. The summed E-state index contributed by atoms with van der Waals surface area (Å²) in [5, 5.41) is 0. The van der Waals surface area contributed by atoms with E-state index >= 15 is 0 Å². The van der Waals surface area contributed by atoms with Crippen molar-refractivity contribution in [1.82, 2.24) is 4.57 Å². The maximum Gasteiger partial charge on any atom is 0.255 e. The molecular formula is C23H30N3+. The number of benzene rings is 2. The van der Waals surface area contributed by atoms with Crippen LogP contribution in [-0.2, 0) is 0 Å². The van der Waals surface area contributed by atoms with Gasteiger partial charge in [-0.15, -0.1) is 0 Å². The van der Waals surface area contributed by atoms with Crippen LogP contribution in [0.1, 0.15) is 33.4 Å². The third kappa shape index (κ3) is 3.14. The van der Waals surface area contributed by atoms with E-state index in [4.69, 9.17) is 0 Å². The van der Waals surface area contributed by atoms with Crippen LogP contribution in [0.5, 0.6) is 0 Å². The lowest BCUT2D eigenvalue weighted by atomic mass is 10.0. The van der Waals surface area contributed by atoms with Crippen molar-refractivity contribution in [2.75, 3.05) is 19.0 Å². The third-order valence-electron chi connectivity index (χ3n) is 4.97. The Kier molecular flexibility index (Phi) is 4.66. The van der Waals surface area contributed by atoms with E-state index in [1.165, 1.54) is 50.6 Å². The molecule has 0 aliphatic rings. The van der Waals surface area contributed by atoms with Crippen molar-refractivity contribution in [3.05, 3.63) is 70.2 Å². The summed E-state index contributed by atoms with van der Waals surface area (Å²) < 4.78 is 4.57. The number of aryl methyl sites for hydroxylation is 6. The standard InChI is InChI=1S/C23H30N3/c1-15-9-17(3)22(18(4)10-15)25-13-21(24(7)8)26(14-25)23-19(5)11-16(2)12-20(23)6/h9-14H,1-8H3/q+1. The lowest BCUT2D eigenvalue weighted by Crippen LogP contribution is -2.30. The number of hydrogen-bond acceptors (Lipinski definition) is 1. The van der Waals surface area contributed by atoms with Crippen LogP contribution < -0.4 is 9.47 Å². The molecule has 2 aromatic carbocycles. The first-order valence-corrected chi connectivity index (χ1v) is 9.16. The maximum absolute atomic E-state index is 2.31. The highest BCUT2D eigenvalue weighted by Crippen LogP contribution is 2.26. The van der Waals surface area contributed by atoms with Crippen LogP contribution in [0.3, 0.4) is 0 Å². The highest BCUT2D eigenvalue weighted by atomic mass is 15.3. The van der Waals surface area contributed by atoms with Gasteiger partial charge < -0.3 is 4.90 Å². The SMILES string of the molecule is Cc1cc(C)c(-n2c[n+](-c3c(C)cc(C)cc3C)cc2N(C)C)c(C)c1. The summed E-state index contributed by atoms with van der Waals surface area (Å²) in [6.45, 7) is 13.1. The Morgan fingerprint density at radius 1 is 0.731 bits per heavy atom. The summed E-state index contributed by atoms with van der Waals surface area (Å²) in [6, 6.07) is 9.03. The van der Waals surface area contributed by atoms with E-state index in [0.29, 0.717) is 0 Å². The Hall–Kier alpha value is -2.55. The summed E-state index contributed by atoms with van der Waals surface area (Å²) in [4.78, 5) is 2.17. The Bertz CT molecular complexity index is 931. The molecule has 0 saturated carbocycles. The number of imidazole rings is 1. The van der Waals surface area contributed by atoms with E-state index < -0.39 is 0 Å². The van der Waals surface area contributed by atoms with Crippen molar-refractivity contribution in [2.24, 2.45) is 0 Å². The Morgan fingerprint density at radius 2 is 1.19 bits per heavy atom. The van der Waals surface area contributed by atoms with Gasteiger partial charge in [0.25, 0.3) is 6.33 Å². The zero-order valence-corrected chi connectivity index (χ0v) is 17.3. The fourth-order valence-electron chi connectivity index (χ4n) is 4.16. The van der Waals surface area contributed by atoms with Gasteiger partial charge in [0.15, 0.2) is 6.20 Å². The molecule has 0 unspecified atom stereocenters. The molecule has 0 fully saturated rings. The highest BCUT2D eigenvalue weighted by molar-refractivity contribution is 5.55. The van der Waals surface area contributed by atoms with Gasteiger partial charge in [-0.1, -0.05) is 35.4 Å². The summed E-state index contributed by atoms with van der Waals surface area (Å²) in [7, 11) is 4.20. The minimum absolute atomic E-state index is 1.17. The first-order valence-electron chi connectivity index (χ1n) is 9.16. The van der Waals surface area contributed by atoms with Gasteiger partial charge in [0, 0.05) is 14.1 Å². The molecule has 26 heavy (non-hydrogen) atoms.